The fourth-order valence-corrected chi connectivity index (χ4v) is 5.06. The number of hydrogen-bond acceptors (Lipinski definition) is 6. The summed E-state index contributed by atoms with van der Waals surface area (Å²) in [6.45, 7) is 5.30. The van der Waals surface area contributed by atoms with Gasteiger partial charge >= 0.3 is 0 Å². The molecule has 0 radical (unpaired) electrons. The van der Waals surface area contributed by atoms with Crippen LogP contribution in [0.3, 0.4) is 0 Å². The van der Waals surface area contributed by atoms with Crippen molar-refractivity contribution in [1.82, 2.24) is 14.5 Å². The molecule has 0 aliphatic carbocycles. The minimum atomic E-state index is -1.42. The number of fused-ring (bicyclic) bond motifs is 1. The molecular formula is C31H33F3N4O3. The van der Waals surface area contributed by atoms with Crippen LogP contribution in [-0.4, -0.2) is 59.3 Å². The Labute approximate surface area is 238 Å². The highest BCUT2D eigenvalue weighted by molar-refractivity contribution is 6.02. The van der Waals surface area contributed by atoms with Crippen molar-refractivity contribution in [3.05, 3.63) is 83.2 Å². The molecule has 2 aromatic carbocycles. The third kappa shape index (κ3) is 6.92. The number of amidine groups is 1. The van der Waals surface area contributed by atoms with Gasteiger partial charge in [0.1, 0.15) is 5.75 Å². The van der Waals surface area contributed by atoms with Gasteiger partial charge in [-0.15, -0.1) is 12.8 Å². The molecule has 10 heteroatoms. The number of methoxy groups -OCH3 is 1. The van der Waals surface area contributed by atoms with Crippen LogP contribution in [0.2, 0.25) is 0 Å². The number of rotatable bonds is 3. The van der Waals surface area contributed by atoms with Crippen molar-refractivity contribution in [3.63, 3.8) is 0 Å². The number of hydrogen-bond donors (Lipinski definition) is 0. The lowest BCUT2D eigenvalue weighted by molar-refractivity contribution is -0.146. The van der Waals surface area contributed by atoms with Crippen molar-refractivity contribution in [2.75, 3.05) is 33.4 Å². The average molecular weight is 567 g/mol. The molecule has 0 saturated carbocycles. The van der Waals surface area contributed by atoms with E-state index in [0.717, 1.165) is 92.1 Å². The number of piperidine rings is 1. The molecule has 0 bridgehead atoms. The highest BCUT2D eigenvalue weighted by atomic mass is 19.2. The summed E-state index contributed by atoms with van der Waals surface area (Å²) in [6.07, 6.45) is 18.2. The predicted octanol–water partition coefficient (Wildman–Crippen LogP) is 5.91. The minimum absolute atomic E-state index is 0.280. The number of halogens is 3. The first-order chi connectivity index (χ1) is 19.9. The van der Waals surface area contributed by atoms with Gasteiger partial charge in [-0.25, -0.2) is 18.2 Å². The second kappa shape index (κ2) is 13.4. The van der Waals surface area contributed by atoms with E-state index in [1.165, 1.54) is 5.57 Å². The molecule has 4 heterocycles. The normalized spacial score (nSPS) is 20.5. The summed E-state index contributed by atoms with van der Waals surface area (Å²) in [4.78, 5) is 12.7. The zero-order valence-electron chi connectivity index (χ0n) is 23.2. The highest BCUT2D eigenvalue weighted by Gasteiger charge is 2.42. The summed E-state index contributed by atoms with van der Waals surface area (Å²) in [6, 6.07) is 9.07. The van der Waals surface area contributed by atoms with Crippen molar-refractivity contribution < 1.29 is 27.5 Å². The van der Waals surface area contributed by atoms with Crippen LogP contribution in [0.4, 0.5) is 13.2 Å². The SMILES string of the molecule is C#C.COc1cc(/C=C2\CCCN3CC4(CCCOC4)ON=C23)ccc1-n1cnc(C)c1.Fc1cccc(F)c1F. The van der Waals surface area contributed by atoms with E-state index in [1.807, 2.05) is 24.0 Å². The molecule has 1 atom stereocenters. The molecule has 3 aliphatic heterocycles. The van der Waals surface area contributed by atoms with Gasteiger partial charge in [0.15, 0.2) is 28.9 Å². The Bertz CT molecular complexity index is 1410. The molecular weight excluding hydrogens is 533 g/mol. The van der Waals surface area contributed by atoms with Crippen molar-refractivity contribution in [1.29, 1.82) is 0 Å². The van der Waals surface area contributed by atoms with E-state index in [2.05, 4.69) is 52.2 Å². The second-order valence-electron chi connectivity index (χ2n) is 9.93. The van der Waals surface area contributed by atoms with Gasteiger partial charge in [0, 0.05) is 19.3 Å². The topological polar surface area (TPSA) is 61.1 Å². The number of imidazole rings is 1. The van der Waals surface area contributed by atoms with Gasteiger partial charge in [-0.05, 0) is 74.1 Å². The largest absolute Gasteiger partial charge is 0.495 e. The van der Waals surface area contributed by atoms with Crippen LogP contribution in [0.15, 0.2) is 59.7 Å². The number of ether oxygens (including phenoxy) is 2. The van der Waals surface area contributed by atoms with Crippen molar-refractivity contribution >= 4 is 11.9 Å². The van der Waals surface area contributed by atoms with Crippen LogP contribution in [-0.2, 0) is 9.57 Å². The number of aromatic nitrogens is 2. The number of aryl methyl sites for hydroxylation is 1. The van der Waals surface area contributed by atoms with E-state index in [4.69, 9.17) is 14.3 Å². The molecule has 41 heavy (non-hydrogen) atoms. The van der Waals surface area contributed by atoms with Crippen LogP contribution in [0, 0.1) is 37.2 Å². The van der Waals surface area contributed by atoms with Crippen LogP contribution in [0.25, 0.3) is 11.8 Å². The van der Waals surface area contributed by atoms with Gasteiger partial charge < -0.3 is 23.8 Å². The Morgan fingerprint density at radius 1 is 1.10 bits per heavy atom. The van der Waals surface area contributed by atoms with Gasteiger partial charge in [0.25, 0.3) is 0 Å². The summed E-state index contributed by atoms with van der Waals surface area (Å²) >= 11 is 0. The highest BCUT2D eigenvalue weighted by Crippen LogP contribution is 2.33. The Kier molecular flexibility index (Phi) is 9.73. The van der Waals surface area contributed by atoms with Gasteiger partial charge in [0.2, 0.25) is 0 Å². The lowest BCUT2D eigenvalue weighted by Crippen LogP contribution is -2.56. The van der Waals surface area contributed by atoms with E-state index in [9.17, 15) is 13.2 Å². The Morgan fingerprint density at radius 3 is 2.51 bits per heavy atom. The maximum absolute atomic E-state index is 12.0. The predicted molar refractivity (Wildman–Crippen MR) is 151 cm³/mol. The number of benzene rings is 2. The molecule has 1 aromatic heterocycles. The Hall–Kier alpha value is -4.23. The first-order valence-corrected chi connectivity index (χ1v) is 13.3. The first-order valence-electron chi connectivity index (χ1n) is 13.3. The van der Waals surface area contributed by atoms with E-state index >= 15 is 0 Å². The smallest absolute Gasteiger partial charge is 0.194 e. The van der Waals surface area contributed by atoms with E-state index in [-0.39, 0.29) is 5.60 Å². The Morgan fingerprint density at radius 2 is 1.88 bits per heavy atom. The third-order valence-electron chi connectivity index (χ3n) is 6.99. The van der Waals surface area contributed by atoms with Gasteiger partial charge in [-0.2, -0.15) is 0 Å². The molecule has 3 aliphatic rings. The van der Waals surface area contributed by atoms with E-state index in [1.54, 1.807) is 7.11 Å². The van der Waals surface area contributed by atoms with Gasteiger partial charge in [-0.1, -0.05) is 17.3 Å². The lowest BCUT2D eigenvalue weighted by Gasteiger charge is -2.44. The number of oxime groups is 1. The van der Waals surface area contributed by atoms with Crippen molar-refractivity contribution in [3.8, 4) is 24.3 Å². The van der Waals surface area contributed by atoms with Crippen LogP contribution in [0.1, 0.15) is 36.9 Å². The van der Waals surface area contributed by atoms with Gasteiger partial charge in [-0.3, -0.25) is 0 Å². The van der Waals surface area contributed by atoms with Crippen LogP contribution in [0.5, 0.6) is 5.75 Å². The summed E-state index contributed by atoms with van der Waals surface area (Å²) < 4.78 is 49.2. The summed E-state index contributed by atoms with van der Waals surface area (Å²) in [5.41, 5.74) is 3.97. The molecule has 3 aromatic rings. The molecule has 1 spiro atoms. The second-order valence-corrected chi connectivity index (χ2v) is 9.93. The first kappa shape index (κ1) is 29.7. The molecule has 6 rings (SSSR count). The van der Waals surface area contributed by atoms with Crippen molar-refractivity contribution in [2.24, 2.45) is 5.16 Å². The van der Waals surface area contributed by atoms with E-state index in [0.29, 0.717) is 6.61 Å². The molecule has 0 amide bonds. The maximum atomic E-state index is 12.0. The lowest BCUT2D eigenvalue weighted by atomic mass is 9.92. The summed E-state index contributed by atoms with van der Waals surface area (Å²) in [5, 5.41) is 4.57. The van der Waals surface area contributed by atoms with Crippen molar-refractivity contribution in [2.45, 2.75) is 38.2 Å². The van der Waals surface area contributed by atoms with Gasteiger partial charge in [0.05, 0.1) is 38.0 Å². The number of nitrogens with zero attached hydrogens (tertiary/aromatic N) is 4. The maximum Gasteiger partial charge on any atom is 0.194 e. The molecule has 216 valence electrons. The Balaban J connectivity index is 0.000000299. The molecule has 2 fully saturated rings. The zero-order valence-corrected chi connectivity index (χ0v) is 23.2. The van der Waals surface area contributed by atoms with Crippen LogP contribution >= 0.6 is 0 Å². The molecule has 2 saturated heterocycles. The van der Waals surface area contributed by atoms with E-state index < -0.39 is 17.5 Å². The zero-order chi connectivity index (χ0) is 29.4. The molecule has 1 unspecified atom stereocenters. The fourth-order valence-electron chi connectivity index (χ4n) is 5.06. The standard InChI is InChI=1S/C23H28N4O3.C6H3F3.C2H2/c1-17-13-27(16-24-17)20-7-6-18(12-21(20)28-2)11-19-5-3-9-26-14-23(30-25-22(19)26)8-4-10-29-15-23;7-4-2-1-3-5(8)6(4)9;1-2/h6-7,11-13,16H,3-5,8-10,14-15H2,1-2H3;1-3H;1-2H/b19-11+;;. The van der Waals surface area contributed by atoms with Crippen LogP contribution < -0.4 is 4.74 Å². The minimum Gasteiger partial charge on any atom is -0.495 e. The fraction of sp³-hybridized carbons (Fsp3) is 0.355. The summed E-state index contributed by atoms with van der Waals surface area (Å²) in [5.74, 6) is -1.96. The average Bonchev–Trinajstić information content (AvgIpc) is 3.43. The summed E-state index contributed by atoms with van der Waals surface area (Å²) in [7, 11) is 1.70. The number of terminal acetylenes is 1. The monoisotopic (exact) mass is 566 g/mol. The quantitative estimate of drug-likeness (QED) is 0.291. The molecule has 0 N–H and O–H groups in total. The molecule has 7 nitrogen and oxygen atoms in total. The third-order valence-corrected chi connectivity index (χ3v) is 6.99.